The highest BCUT2D eigenvalue weighted by Gasteiger charge is 2.24. The zero-order valence-corrected chi connectivity index (χ0v) is 15.3. The van der Waals surface area contributed by atoms with E-state index in [0.717, 1.165) is 38.1 Å². The van der Waals surface area contributed by atoms with Crippen molar-refractivity contribution in [1.29, 1.82) is 0 Å². The summed E-state index contributed by atoms with van der Waals surface area (Å²) in [4.78, 5) is 22.9. The Morgan fingerprint density at radius 1 is 1.07 bits per heavy atom. The molecule has 0 spiro atoms. The molecule has 0 radical (unpaired) electrons. The van der Waals surface area contributed by atoms with Crippen molar-refractivity contribution in [3.8, 4) is 0 Å². The number of benzene rings is 1. The van der Waals surface area contributed by atoms with Crippen LogP contribution in [-0.2, 0) is 4.79 Å². The van der Waals surface area contributed by atoms with Crippen LogP contribution in [0.3, 0.4) is 0 Å². The van der Waals surface area contributed by atoms with Gasteiger partial charge in [0.1, 0.15) is 5.82 Å². The van der Waals surface area contributed by atoms with Crippen molar-refractivity contribution >= 4 is 22.8 Å². The van der Waals surface area contributed by atoms with Crippen LogP contribution in [0.2, 0.25) is 0 Å². The van der Waals surface area contributed by atoms with Crippen molar-refractivity contribution in [1.82, 2.24) is 15.3 Å². The van der Waals surface area contributed by atoms with E-state index in [0.29, 0.717) is 29.2 Å². The summed E-state index contributed by atoms with van der Waals surface area (Å²) in [5.41, 5.74) is 0.685. The molecule has 2 aliphatic rings. The summed E-state index contributed by atoms with van der Waals surface area (Å²) in [6.45, 7) is 1.50. The third kappa shape index (κ3) is 4.17. The van der Waals surface area contributed by atoms with E-state index in [2.05, 4.69) is 20.2 Å². The molecule has 1 saturated heterocycles. The zero-order chi connectivity index (χ0) is 18.8. The third-order valence-electron chi connectivity index (χ3n) is 5.70. The Kier molecular flexibility index (Phi) is 5.18. The van der Waals surface area contributed by atoms with Crippen LogP contribution in [0.1, 0.15) is 44.9 Å². The topological polar surface area (TPSA) is 58.1 Å². The van der Waals surface area contributed by atoms with E-state index in [1.165, 1.54) is 25.7 Å². The molecule has 1 aromatic carbocycles. The summed E-state index contributed by atoms with van der Waals surface area (Å²) in [6.07, 6.45) is 8.78. The van der Waals surface area contributed by atoms with E-state index in [1.54, 1.807) is 6.20 Å². The highest BCUT2D eigenvalue weighted by Crippen LogP contribution is 2.27. The highest BCUT2D eigenvalue weighted by atomic mass is 19.2. The van der Waals surface area contributed by atoms with Crippen LogP contribution in [0.5, 0.6) is 0 Å². The third-order valence-corrected chi connectivity index (χ3v) is 5.70. The van der Waals surface area contributed by atoms with E-state index in [-0.39, 0.29) is 11.9 Å². The van der Waals surface area contributed by atoms with Gasteiger partial charge in [-0.15, -0.1) is 0 Å². The molecular weight excluding hydrogens is 350 g/mol. The molecule has 4 rings (SSSR count). The van der Waals surface area contributed by atoms with Gasteiger partial charge in [0.25, 0.3) is 0 Å². The van der Waals surface area contributed by atoms with Crippen LogP contribution >= 0.6 is 0 Å². The van der Waals surface area contributed by atoms with Crippen molar-refractivity contribution in [3.63, 3.8) is 0 Å². The molecule has 1 aliphatic carbocycles. The molecule has 1 N–H and O–H groups in total. The van der Waals surface area contributed by atoms with Gasteiger partial charge in [-0.1, -0.05) is 12.8 Å². The van der Waals surface area contributed by atoms with Crippen LogP contribution in [0.4, 0.5) is 14.6 Å². The van der Waals surface area contributed by atoms with Gasteiger partial charge in [-0.3, -0.25) is 9.78 Å². The number of amides is 1. The molecule has 5 nitrogen and oxygen atoms in total. The lowest BCUT2D eigenvalue weighted by Gasteiger charge is -2.33. The maximum absolute atomic E-state index is 13.4. The Morgan fingerprint density at radius 3 is 2.44 bits per heavy atom. The molecule has 27 heavy (non-hydrogen) atoms. The zero-order valence-electron chi connectivity index (χ0n) is 15.3. The Morgan fingerprint density at radius 2 is 1.74 bits per heavy atom. The number of carbonyl (C=O) groups is 1. The second kappa shape index (κ2) is 7.74. The van der Waals surface area contributed by atoms with Crippen molar-refractivity contribution in [2.24, 2.45) is 5.92 Å². The molecule has 2 aromatic rings. The fraction of sp³-hybridized carbons (Fsp3) is 0.550. The standard InChI is InChI=1S/C20H24F2N4O/c21-15-10-17-18(11-16(15)22)25-19(12-23-17)26-7-5-14(6-8-26)24-20(27)9-13-3-1-2-4-13/h10-14H,1-9H2,(H,24,27). The van der Waals surface area contributed by atoms with Gasteiger partial charge in [-0.2, -0.15) is 0 Å². The normalized spacial score (nSPS) is 19.0. The van der Waals surface area contributed by atoms with Gasteiger partial charge in [-0.25, -0.2) is 13.8 Å². The van der Waals surface area contributed by atoms with Crippen LogP contribution in [-0.4, -0.2) is 35.0 Å². The first kappa shape index (κ1) is 18.1. The number of rotatable bonds is 4. The molecule has 1 aliphatic heterocycles. The van der Waals surface area contributed by atoms with E-state index < -0.39 is 11.6 Å². The Balaban J connectivity index is 1.34. The average molecular weight is 374 g/mol. The van der Waals surface area contributed by atoms with Gasteiger partial charge in [0, 0.05) is 37.7 Å². The molecule has 2 heterocycles. The van der Waals surface area contributed by atoms with Crippen LogP contribution < -0.4 is 10.2 Å². The number of halogens is 2. The minimum Gasteiger partial charge on any atom is -0.355 e. The fourth-order valence-electron chi connectivity index (χ4n) is 4.17. The molecule has 2 fully saturated rings. The number of piperidine rings is 1. The van der Waals surface area contributed by atoms with Gasteiger partial charge >= 0.3 is 0 Å². The second-order valence-corrected chi connectivity index (χ2v) is 7.67. The van der Waals surface area contributed by atoms with Gasteiger partial charge in [0.05, 0.1) is 17.2 Å². The minimum absolute atomic E-state index is 0.170. The lowest BCUT2D eigenvalue weighted by atomic mass is 10.0. The Bertz CT molecular complexity index is 830. The second-order valence-electron chi connectivity index (χ2n) is 7.67. The van der Waals surface area contributed by atoms with Gasteiger partial charge in [-0.05, 0) is 31.6 Å². The smallest absolute Gasteiger partial charge is 0.220 e. The SMILES string of the molecule is O=C(CC1CCCC1)NC1CCN(c2cnc3cc(F)c(F)cc3n2)CC1. The number of anilines is 1. The van der Waals surface area contributed by atoms with Gasteiger partial charge < -0.3 is 10.2 Å². The Hall–Kier alpha value is -2.31. The average Bonchev–Trinajstić information content (AvgIpc) is 3.16. The molecule has 1 aromatic heterocycles. The molecule has 0 bridgehead atoms. The van der Waals surface area contributed by atoms with Gasteiger partial charge in [0.15, 0.2) is 11.6 Å². The highest BCUT2D eigenvalue weighted by molar-refractivity contribution is 5.77. The van der Waals surface area contributed by atoms with Crippen molar-refractivity contribution in [2.75, 3.05) is 18.0 Å². The monoisotopic (exact) mass is 374 g/mol. The predicted octanol–water partition coefficient (Wildman–Crippen LogP) is 3.57. The quantitative estimate of drug-likeness (QED) is 0.889. The van der Waals surface area contributed by atoms with Crippen LogP contribution in [0, 0.1) is 17.6 Å². The fourth-order valence-corrected chi connectivity index (χ4v) is 4.17. The number of nitrogens with one attached hydrogen (secondary N) is 1. The lowest BCUT2D eigenvalue weighted by molar-refractivity contribution is -0.122. The molecular formula is C20H24F2N4O. The Labute approximate surface area is 157 Å². The number of aromatic nitrogens is 2. The van der Waals surface area contributed by atoms with E-state index in [1.807, 2.05) is 0 Å². The summed E-state index contributed by atoms with van der Waals surface area (Å²) < 4.78 is 26.7. The number of nitrogens with zero attached hydrogens (tertiary/aromatic N) is 3. The summed E-state index contributed by atoms with van der Waals surface area (Å²) in [6, 6.07) is 2.33. The van der Waals surface area contributed by atoms with Crippen LogP contribution in [0.15, 0.2) is 18.3 Å². The largest absolute Gasteiger partial charge is 0.355 e. The maximum Gasteiger partial charge on any atom is 0.220 e. The van der Waals surface area contributed by atoms with E-state index >= 15 is 0 Å². The van der Waals surface area contributed by atoms with Crippen molar-refractivity contribution < 1.29 is 13.6 Å². The minimum atomic E-state index is -0.919. The molecule has 144 valence electrons. The first-order chi connectivity index (χ1) is 13.1. The summed E-state index contributed by atoms with van der Waals surface area (Å²) in [7, 11) is 0. The molecule has 0 atom stereocenters. The number of carbonyl (C=O) groups excluding carboxylic acids is 1. The summed E-state index contributed by atoms with van der Waals surface area (Å²) in [5.74, 6) is -0.452. The number of fused-ring (bicyclic) bond motifs is 1. The summed E-state index contributed by atoms with van der Waals surface area (Å²) in [5, 5.41) is 3.17. The van der Waals surface area contributed by atoms with E-state index in [9.17, 15) is 13.6 Å². The molecule has 7 heteroatoms. The molecule has 0 unspecified atom stereocenters. The number of hydrogen-bond acceptors (Lipinski definition) is 4. The lowest BCUT2D eigenvalue weighted by Crippen LogP contribution is -2.45. The summed E-state index contributed by atoms with van der Waals surface area (Å²) >= 11 is 0. The maximum atomic E-state index is 13.4. The van der Waals surface area contributed by atoms with Gasteiger partial charge in [0.2, 0.25) is 5.91 Å². The van der Waals surface area contributed by atoms with Crippen molar-refractivity contribution in [3.05, 3.63) is 30.0 Å². The molecule has 1 amide bonds. The van der Waals surface area contributed by atoms with E-state index in [4.69, 9.17) is 0 Å². The van der Waals surface area contributed by atoms with Crippen LogP contribution in [0.25, 0.3) is 11.0 Å². The first-order valence-electron chi connectivity index (χ1n) is 9.74. The predicted molar refractivity (Wildman–Crippen MR) is 99.4 cm³/mol. The molecule has 1 saturated carbocycles. The number of hydrogen-bond donors (Lipinski definition) is 1. The van der Waals surface area contributed by atoms with Crippen molar-refractivity contribution in [2.45, 2.75) is 51.0 Å². The first-order valence-corrected chi connectivity index (χ1v) is 9.74.